The Labute approximate surface area is 122 Å². The van der Waals surface area contributed by atoms with Gasteiger partial charge in [0.2, 0.25) is 5.28 Å². The van der Waals surface area contributed by atoms with Gasteiger partial charge in [0, 0.05) is 5.02 Å². The van der Waals surface area contributed by atoms with Gasteiger partial charge in [-0.1, -0.05) is 23.2 Å². The third-order valence-electron chi connectivity index (χ3n) is 2.46. The summed E-state index contributed by atoms with van der Waals surface area (Å²) in [5.74, 6) is 0.507. The number of anilines is 2. The van der Waals surface area contributed by atoms with E-state index in [1.807, 2.05) is 0 Å². The molecule has 0 saturated carbocycles. The summed E-state index contributed by atoms with van der Waals surface area (Å²) in [6.45, 7) is 0. The zero-order chi connectivity index (χ0) is 13.4. The first-order chi connectivity index (χ1) is 9.13. The number of hydrogen-bond donors (Lipinski definition) is 2. The van der Waals surface area contributed by atoms with E-state index in [1.165, 1.54) is 0 Å². The van der Waals surface area contributed by atoms with Crippen LogP contribution in [0, 0.1) is 0 Å². The van der Waals surface area contributed by atoms with Gasteiger partial charge in [0.25, 0.3) is 0 Å². The molecule has 0 unspecified atom stereocenters. The number of rotatable bonds is 2. The second kappa shape index (κ2) is 4.85. The van der Waals surface area contributed by atoms with Crippen LogP contribution in [0.5, 0.6) is 0 Å². The lowest BCUT2D eigenvalue weighted by atomic mass is 10.3. The summed E-state index contributed by atoms with van der Waals surface area (Å²) >= 11 is 17.9. The number of fused-ring (bicyclic) bond motifs is 1. The molecule has 0 amide bonds. The van der Waals surface area contributed by atoms with Gasteiger partial charge in [0.15, 0.2) is 5.65 Å². The van der Waals surface area contributed by atoms with Gasteiger partial charge in [-0.05, 0) is 29.8 Å². The lowest BCUT2D eigenvalue weighted by Gasteiger charge is -2.08. The van der Waals surface area contributed by atoms with Crippen LogP contribution in [0.4, 0.5) is 11.5 Å². The molecule has 0 aliphatic carbocycles. The second-order valence-corrected chi connectivity index (χ2v) is 4.90. The van der Waals surface area contributed by atoms with Crippen LogP contribution >= 0.6 is 34.8 Å². The minimum absolute atomic E-state index is 0.109. The smallest absolute Gasteiger partial charge is 0.226 e. The van der Waals surface area contributed by atoms with E-state index < -0.39 is 0 Å². The van der Waals surface area contributed by atoms with Gasteiger partial charge >= 0.3 is 0 Å². The Morgan fingerprint density at radius 3 is 2.79 bits per heavy atom. The highest BCUT2D eigenvalue weighted by molar-refractivity contribution is 6.35. The van der Waals surface area contributed by atoms with Gasteiger partial charge in [0.05, 0.1) is 22.3 Å². The molecule has 2 aromatic heterocycles. The Morgan fingerprint density at radius 1 is 1.11 bits per heavy atom. The molecule has 2 N–H and O–H groups in total. The van der Waals surface area contributed by atoms with Gasteiger partial charge in [-0.3, -0.25) is 5.10 Å². The van der Waals surface area contributed by atoms with Crippen LogP contribution < -0.4 is 5.32 Å². The first kappa shape index (κ1) is 12.5. The van der Waals surface area contributed by atoms with Crippen molar-refractivity contribution in [3.8, 4) is 0 Å². The zero-order valence-electron chi connectivity index (χ0n) is 9.28. The Morgan fingerprint density at radius 2 is 1.95 bits per heavy atom. The van der Waals surface area contributed by atoms with E-state index in [9.17, 15) is 0 Å². The number of aromatic amines is 1. The Balaban J connectivity index is 2.10. The third kappa shape index (κ3) is 2.45. The minimum Gasteiger partial charge on any atom is -0.338 e. The standard InChI is InChI=1S/C11H6Cl3N5/c12-5-1-2-7(13)8(3-5)16-9-6-4-15-19-10(6)18-11(14)17-9/h1-4H,(H2,15,16,17,18,19). The summed E-state index contributed by atoms with van der Waals surface area (Å²) in [6.07, 6.45) is 1.60. The highest BCUT2D eigenvalue weighted by Crippen LogP contribution is 2.30. The molecule has 0 aliphatic heterocycles. The number of H-pyrrole nitrogens is 1. The van der Waals surface area contributed by atoms with Gasteiger partial charge in [-0.2, -0.15) is 15.1 Å². The molecular weight excluding hydrogens is 309 g/mol. The highest BCUT2D eigenvalue weighted by Gasteiger charge is 2.10. The van der Waals surface area contributed by atoms with E-state index in [1.54, 1.807) is 24.4 Å². The van der Waals surface area contributed by atoms with Crippen molar-refractivity contribution in [2.75, 3.05) is 5.32 Å². The number of halogens is 3. The fraction of sp³-hybridized carbons (Fsp3) is 0. The Hall–Kier alpha value is -1.56. The van der Waals surface area contributed by atoms with Crippen molar-refractivity contribution < 1.29 is 0 Å². The number of hydrogen-bond acceptors (Lipinski definition) is 4. The van der Waals surface area contributed by atoms with Gasteiger partial charge in [-0.15, -0.1) is 0 Å². The second-order valence-electron chi connectivity index (χ2n) is 3.72. The molecule has 5 nitrogen and oxygen atoms in total. The summed E-state index contributed by atoms with van der Waals surface area (Å²) in [4.78, 5) is 8.14. The molecule has 0 atom stereocenters. The predicted molar refractivity (Wildman–Crippen MR) is 76.4 cm³/mol. The van der Waals surface area contributed by atoms with Crippen LogP contribution in [0.2, 0.25) is 15.3 Å². The van der Waals surface area contributed by atoms with Crippen molar-refractivity contribution >= 4 is 57.3 Å². The predicted octanol–water partition coefficient (Wildman–Crippen LogP) is 4.06. The SMILES string of the molecule is Clc1ccc(Cl)c(Nc2nc(Cl)nc3[nH]ncc23)c1. The number of benzene rings is 1. The van der Waals surface area contributed by atoms with E-state index in [0.29, 0.717) is 32.6 Å². The van der Waals surface area contributed by atoms with Crippen molar-refractivity contribution in [2.24, 2.45) is 0 Å². The maximum absolute atomic E-state index is 6.09. The summed E-state index contributed by atoms with van der Waals surface area (Å²) < 4.78 is 0. The third-order valence-corrected chi connectivity index (χ3v) is 3.20. The molecule has 3 rings (SSSR count). The van der Waals surface area contributed by atoms with E-state index in [2.05, 4.69) is 25.5 Å². The fourth-order valence-corrected chi connectivity index (χ4v) is 2.13. The summed E-state index contributed by atoms with van der Waals surface area (Å²) in [6, 6.07) is 5.10. The van der Waals surface area contributed by atoms with Crippen LogP contribution in [0.1, 0.15) is 0 Å². The Bertz CT molecular complexity index is 755. The van der Waals surface area contributed by atoms with E-state index >= 15 is 0 Å². The molecular formula is C11H6Cl3N5. The van der Waals surface area contributed by atoms with Crippen LogP contribution in [-0.2, 0) is 0 Å². The molecule has 0 spiro atoms. The fourth-order valence-electron chi connectivity index (χ4n) is 1.62. The van der Waals surface area contributed by atoms with E-state index in [0.717, 1.165) is 0 Å². The molecule has 19 heavy (non-hydrogen) atoms. The van der Waals surface area contributed by atoms with Crippen molar-refractivity contribution in [1.82, 2.24) is 20.2 Å². The monoisotopic (exact) mass is 313 g/mol. The van der Waals surface area contributed by atoms with Crippen molar-refractivity contribution in [3.05, 3.63) is 39.7 Å². The van der Waals surface area contributed by atoms with Gasteiger partial charge < -0.3 is 5.32 Å². The Kier molecular flexibility index (Phi) is 3.18. The number of aromatic nitrogens is 4. The van der Waals surface area contributed by atoms with E-state index in [4.69, 9.17) is 34.8 Å². The summed E-state index contributed by atoms with van der Waals surface area (Å²) in [5.41, 5.74) is 1.17. The maximum atomic E-state index is 6.09. The maximum Gasteiger partial charge on any atom is 0.226 e. The quantitative estimate of drug-likeness (QED) is 0.700. The lowest BCUT2D eigenvalue weighted by Crippen LogP contribution is -1.97. The first-order valence-corrected chi connectivity index (χ1v) is 6.35. The van der Waals surface area contributed by atoms with Crippen molar-refractivity contribution in [1.29, 1.82) is 0 Å². The van der Waals surface area contributed by atoms with Crippen LogP contribution in [0.15, 0.2) is 24.4 Å². The molecule has 96 valence electrons. The largest absolute Gasteiger partial charge is 0.338 e. The molecule has 0 radical (unpaired) electrons. The van der Waals surface area contributed by atoms with Gasteiger partial charge in [0.1, 0.15) is 5.82 Å². The van der Waals surface area contributed by atoms with Gasteiger partial charge in [-0.25, -0.2) is 0 Å². The minimum atomic E-state index is 0.109. The molecule has 0 saturated heterocycles. The highest BCUT2D eigenvalue weighted by atomic mass is 35.5. The average Bonchev–Trinajstić information content (AvgIpc) is 2.82. The zero-order valence-corrected chi connectivity index (χ0v) is 11.6. The van der Waals surface area contributed by atoms with Crippen molar-refractivity contribution in [2.45, 2.75) is 0 Å². The molecule has 3 aromatic rings. The topological polar surface area (TPSA) is 66.5 Å². The van der Waals surface area contributed by atoms with E-state index in [-0.39, 0.29) is 5.28 Å². The van der Waals surface area contributed by atoms with Crippen molar-refractivity contribution in [3.63, 3.8) is 0 Å². The normalized spacial score (nSPS) is 10.9. The molecule has 0 aliphatic rings. The van der Waals surface area contributed by atoms with Crippen LogP contribution in [-0.4, -0.2) is 20.2 Å². The van der Waals surface area contributed by atoms with Crippen LogP contribution in [0.3, 0.4) is 0 Å². The number of nitrogens with one attached hydrogen (secondary N) is 2. The first-order valence-electron chi connectivity index (χ1n) is 5.22. The average molecular weight is 315 g/mol. The summed E-state index contributed by atoms with van der Waals surface area (Å²) in [7, 11) is 0. The molecule has 0 fully saturated rings. The molecule has 2 heterocycles. The summed E-state index contributed by atoms with van der Waals surface area (Å²) in [5, 5.41) is 11.6. The molecule has 8 heteroatoms. The lowest BCUT2D eigenvalue weighted by molar-refractivity contribution is 1.09. The number of nitrogens with zero attached hydrogens (tertiary/aromatic N) is 3. The molecule has 1 aromatic carbocycles. The van der Waals surface area contributed by atoms with Crippen LogP contribution in [0.25, 0.3) is 11.0 Å². The molecule has 0 bridgehead atoms.